The number of pyridine rings is 1. The number of fused-ring (bicyclic) bond motifs is 4. The van der Waals surface area contributed by atoms with Crippen molar-refractivity contribution in [3.8, 4) is 73.0 Å². The smallest absolute Gasteiger partial charge is 0.136 e. The Balaban J connectivity index is 0.00000739. The van der Waals surface area contributed by atoms with Gasteiger partial charge in [-0.1, -0.05) is 201 Å². The molecule has 0 aliphatic carbocycles. The number of hydrogen-bond acceptors (Lipinski definition) is 4. The van der Waals surface area contributed by atoms with E-state index in [4.69, 9.17) is 9.72 Å². The molecule has 0 bridgehead atoms. The number of aromatic nitrogens is 2. The van der Waals surface area contributed by atoms with Crippen LogP contribution in [0.4, 0.5) is 35.9 Å². The molecule has 2 aromatic heterocycles. The molecule has 0 saturated heterocycles. The second kappa shape index (κ2) is 22.7. The van der Waals surface area contributed by atoms with E-state index in [1.54, 1.807) is 0 Å². The Morgan fingerprint density at radius 1 is 0.437 bits per heavy atom. The van der Waals surface area contributed by atoms with Gasteiger partial charge in [0.1, 0.15) is 23.3 Å². The van der Waals surface area contributed by atoms with Crippen molar-refractivity contribution in [2.24, 2.45) is 0 Å². The molecule has 0 atom stereocenters. The predicted molar refractivity (Wildman–Crippen MR) is 347 cm³/mol. The maximum atomic E-state index is 17.0. The number of nitrogens with zero attached hydrogens (tertiary/aromatic N) is 4. The Morgan fingerprint density at radius 3 is 1.66 bits per heavy atom. The first-order valence-electron chi connectivity index (χ1n) is 29.1. The summed E-state index contributed by atoms with van der Waals surface area (Å²) in [6.07, 6.45) is 1.87. The van der Waals surface area contributed by atoms with Crippen molar-refractivity contribution in [3.05, 3.63) is 271 Å². The minimum atomic E-state index is -1.02. The molecule has 0 saturated carbocycles. The number of halogens is 3. The number of anilines is 4. The zero-order valence-corrected chi connectivity index (χ0v) is 52.3. The van der Waals surface area contributed by atoms with Crippen LogP contribution in [0, 0.1) is 36.3 Å². The van der Waals surface area contributed by atoms with Crippen LogP contribution < -0.4 is 14.5 Å². The van der Waals surface area contributed by atoms with Crippen LogP contribution >= 0.6 is 0 Å². The van der Waals surface area contributed by atoms with E-state index < -0.39 is 17.5 Å². The van der Waals surface area contributed by atoms with E-state index in [0.717, 1.165) is 112 Å². The fourth-order valence-electron chi connectivity index (χ4n) is 11.8. The monoisotopic (exact) mass is 1320 g/mol. The SMILES string of the molecule is CC(C)(C)c1cc(-c2cc(-c3ccccc3)cc(-c3c(F)cc(F)cc3F)c2N2[CH-]N(c3[c-]c(Oc4[c-]c5c(cc4)c4ccccc4n5-c4cc(C(C)(C)C)ccn4)cc(-c4ccccc4-c4ccccc4)c3)c3ccccc32)cc(C(C)(C)C)c1.[Pt]. The molecule has 5 nitrogen and oxygen atoms in total. The average Bonchev–Trinajstić information content (AvgIpc) is 1.82. The molecule has 0 unspecified atom stereocenters. The molecule has 10 aromatic carbocycles. The summed E-state index contributed by atoms with van der Waals surface area (Å²) in [7, 11) is 0. The normalized spacial score (nSPS) is 12.6. The van der Waals surface area contributed by atoms with Gasteiger partial charge in [-0.3, -0.25) is 0 Å². The summed E-state index contributed by atoms with van der Waals surface area (Å²) in [6.45, 7) is 21.7. The van der Waals surface area contributed by atoms with Gasteiger partial charge in [-0.15, -0.1) is 53.6 Å². The van der Waals surface area contributed by atoms with Crippen molar-refractivity contribution in [1.29, 1.82) is 0 Å². The predicted octanol–water partition coefficient (Wildman–Crippen LogP) is 21.6. The number of ether oxygens (including phenoxy) is 1. The van der Waals surface area contributed by atoms with Crippen molar-refractivity contribution in [1.82, 2.24) is 9.55 Å². The first-order valence-corrected chi connectivity index (χ1v) is 29.1. The Kier molecular flexibility index (Phi) is 15.2. The van der Waals surface area contributed by atoms with Crippen LogP contribution in [0.5, 0.6) is 11.5 Å². The summed E-state index contributed by atoms with van der Waals surface area (Å²) in [5, 5.41) is 2.07. The van der Waals surface area contributed by atoms with Crippen LogP contribution in [0.2, 0.25) is 0 Å². The maximum Gasteiger partial charge on any atom is 0.136 e. The third kappa shape index (κ3) is 11.2. The molecule has 1 aliphatic rings. The van der Waals surface area contributed by atoms with Crippen LogP contribution in [0.25, 0.3) is 83.3 Å². The van der Waals surface area contributed by atoms with Crippen molar-refractivity contribution >= 4 is 44.6 Å². The molecular formula is C78H64F3N4OPt-3. The van der Waals surface area contributed by atoms with Gasteiger partial charge >= 0.3 is 0 Å². The van der Waals surface area contributed by atoms with E-state index >= 15 is 13.2 Å². The average molecular weight is 1330 g/mol. The number of para-hydroxylation sites is 3. The van der Waals surface area contributed by atoms with Gasteiger partial charge in [0.25, 0.3) is 0 Å². The topological polar surface area (TPSA) is 33.5 Å². The second-order valence-corrected chi connectivity index (χ2v) is 25.4. The first-order chi connectivity index (χ1) is 41.2. The molecule has 0 amide bonds. The fraction of sp³-hybridized carbons (Fsp3) is 0.154. The summed E-state index contributed by atoms with van der Waals surface area (Å²) in [5.74, 6) is -1.37. The van der Waals surface area contributed by atoms with Gasteiger partial charge in [0.2, 0.25) is 0 Å². The molecule has 1 aliphatic heterocycles. The molecule has 87 heavy (non-hydrogen) atoms. The Bertz CT molecular complexity index is 4540. The number of benzene rings is 10. The van der Waals surface area contributed by atoms with E-state index in [0.29, 0.717) is 22.9 Å². The molecule has 0 N–H and O–H groups in total. The van der Waals surface area contributed by atoms with Crippen molar-refractivity contribution in [3.63, 3.8) is 0 Å². The zero-order valence-electron chi connectivity index (χ0n) is 50.0. The van der Waals surface area contributed by atoms with Gasteiger partial charge < -0.3 is 19.1 Å². The van der Waals surface area contributed by atoms with E-state index in [-0.39, 0.29) is 48.4 Å². The quantitative estimate of drug-likeness (QED) is 0.128. The first kappa shape index (κ1) is 58.4. The van der Waals surface area contributed by atoms with Crippen molar-refractivity contribution < 1.29 is 39.0 Å². The standard InChI is InChI=1S/C78H64F3N4O.Pt/c1-76(2,3)54-34-35-82-73(43-54)85-69-29-19-18-28-63(69)64-33-32-59(47-72(64)85)86-60-39-53(62-27-17-16-26-61(62)50-24-14-11-15-25-50)38-58(46-60)83-48-84(71-31-21-20-30-70(71)83)75-65(52-36-55(77(4,5)6)42-56(37-52)78(7,8)9)40-51(49-22-12-10-13-23-49)41-66(75)74-67(80)44-57(79)45-68(74)81;/h10-45,48H,1-9H3;/q-3;. The van der Waals surface area contributed by atoms with Gasteiger partial charge in [0, 0.05) is 84.6 Å². The second-order valence-electron chi connectivity index (χ2n) is 25.4. The fourth-order valence-corrected chi connectivity index (χ4v) is 11.8. The summed E-state index contributed by atoms with van der Waals surface area (Å²) in [5.41, 5.74) is 14.1. The van der Waals surface area contributed by atoms with Gasteiger partial charge in [-0.25, -0.2) is 18.2 Å². The number of rotatable bonds is 10. The molecule has 0 spiro atoms. The maximum absolute atomic E-state index is 17.0. The summed E-state index contributed by atoms with van der Waals surface area (Å²) in [4.78, 5) is 8.99. The Labute approximate surface area is 522 Å². The van der Waals surface area contributed by atoms with E-state index in [1.807, 2.05) is 133 Å². The van der Waals surface area contributed by atoms with Crippen LogP contribution in [0.1, 0.15) is 79.0 Å². The summed E-state index contributed by atoms with van der Waals surface area (Å²) >= 11 is 0. The molecule has 0 radical (unpaired) electrons. The van der Waals surface area contributed by atoms with Gasteiger partial charge in [-0.05, 0) is 114 Å². The van der Waals surface area contributed by atoms with Crippen LogP contribution in [-0.2, 0) is 37.3 Å². The molecule has 12 aromatic rings. The molecule has 0 fully saturated rings. The number of hydrogen-bond donors (Lipinski definition) is 0. The summed E-state index contributed by atoms with van der Waals surface area (Å²) in [6, 6.07) is 76.6. The molecule has 3 heterocycles. The van der Waals surface area contributed by atoms with Crippen LogP contribution in [-0.4, -0.2) is 9.55 Å². The van der Waals surface area contributed by atoms with Crippen molar-refractivity contribution in [2.45, 2.75) is 78.6 Å². The minimum absolute atomic E-state index is 0. The van der Waals surface area contributed by atoms with Crippen LogP contribution in [0.15, 0.2) is 219 Å². The van der Waals surface area contributed by atoms with E-state index in [2.05, 4.69) is 169 Å². The zero-order chi connectivity index (χ0) is 59.8. The van der Waals surface area contributed by atoms with E-state index in [9.17, 15) is 0 Å². The molecular weight excluding hydrogens is 1260 g/mol. The largest absolute Gasteiger partial charge is 0.509 e. The van der Waals surface area contributed by atoms with Gasteiger partial charge in [0.05, 0.1) is 5.56 Å². The van der Waals surface area contributed by atoms with Gasteiger partial charge in [0.15, 0.2) is 0 Å². The van der Waals surface area contributed by atoms with E-state index in [1.165, 1.54) is 0 Å². The van der Waals surface area contributed by atoms with Gasteiger partial charge in [-0.2, -0.15) is 6.07 Å². The Morgan fingerprint density at radius 2 is 1.00 bits per heavy atom. The van der Waals surface area contributed by atoms with Crippen LogP contribution in [0.3, 0.4) is 0 Å². The van der Waals surface area contributed by atoms with Crippen molar-refractivity contribution in [2.75, 3.05) is 9.80 Å². The molecule has 9 heteroatoms. The third-order valence-electron chi connectivity index (χ3n) is 16.4. The minimum Gasteiger partial charge on any atom is -0.509 e. The molecule has 436 valence electrons. The third-order valence-corrected chi connectivity index (χ3v) is 16.4. The molecule has 13 rings (SSSR count). The Hall–Kier alpha value is -8.97. The summed E-state index contributed by atoms with van der Waals surface area (Å²) < 4.78 is 58.3.